The second-order valence-corrected chi connectivity index (χ2v) is 3.51. The molecule has 0 bridgehead atoms. The quantitative estimate of drug-likeness (QED) is 0.742. The maximum atomic E-state index is 5.77. The van der Waals surface area contributed by atoms with Crippen LogP contribution in [0.15, 0.2) is 30.5 Å². The van der Waals surface area contributed by atoms with Gasteiger partial charge >= 0.3 is 0 Å². The number of hydrogen-bond acceptors (Lipinski definition) is 2. The molecule has 1 aromatic heterocycles. The third-order valence-electron chi connectivity index (χ3n) is 2.12. The number of benzene rings is 1. The van der Waals surface area contributed by atoms with Gasteiger partial charge in [-0.3, -0.25) is 0 Å². The largest absolute Gasteiger partial charge is 0.384 e. The summed E-state index contributed by atoms with van der Waals surface area (Å²) >= 11 is 0. The molecule has 72 valence electrons. The molecule has 0 aliphatic carbocycles. The number of nitrogens with two attached hydrogens (primary N) is 1. The molecule has 0 spiro atoms. The predicted molar refractivity (Wildman–Crippen MR) is 57.5 cm³/mol. The fraction of sp³-hybridized carbons (Fsp3) is 0.182. The molecule has 0 radical (unpaired) electrons. The van der Waals surface area contributed by atoms with Crippen molar-refractivity contribution in [1.29, 1.82) is 0 Å². The number of hydrogen-bond donors (Lipinski definition) is 1. The van der Waals surface area contributed by atoms with Crippen LogP contribution in [0.4, 0.5) is 5.82 Å². The van der Waals surface area contributed by atoms with E-state index in [1.54, 1.807) is 16.9 Å². The highest BCUT2D eigenvalue weighted by Crippen LogP contribution is 2.15. The predicted octanol–water partition coefficient (Wildman–Crippen LogP) is 2.07. The number of rotatable bonds is 1. The molecule has 14 heavy (non-hydrogen) atoms. The minimum absolute atomic E-state index is 0.662. The van der Waals surface area contributed by atoms with E-state index in [1.165, 1.54) is 11.1 Å². The minimum Gasteiger partial charge on any atom is -0.384 e. The van der Waals surface area contributed by atoms with E-state index in [-0.39, 0.29) is 0 Å². The van der Waals surface area contributed by atoms with Gasteiger partial charge in [0.05, 0.1) is 11.9 Å². The zero-order chi connectivity index (χ0) is 10.1. The Morgan fingerprint density at radius 2 is 1.79 bits per heavy atom. The summed E-state index contributed by atoms with van der Waals surface area (Å²) in [5.41, 5.74) is 9.23. The maximum Gasteiger partial charge on any atom is 0.127 e. The van der Waals surface area contributed by atoms with Crippen molar-refractivity contribution in [1.82, 2.24) is 9.78 Å². The van der Waals surface area contributed by atoms with Crippen LogP contribution in [0.1, 0.15) is 11.1 Å². The zero-order valence-electron chi connectivity index (χ0n) is 8.36. The Kier molecular flexibility index (Phi) is 2.00. The van der Waals surface area contributed by atoms with Crippen molar-refractivity contribution in [2.75, 3.05) is 5.73 Å². The summed E-state index contributed by atoms with van der Waals surface area (Å²) in [6.45, 7) is 4.13. The number of nitrogens with zero attached hydrogens (tertiary/aromatic N) is 2. The van der Waals surface area contributed by atoms with Gasteiger partial charge in [-0.25, -0.2) is 4.68 Å². The SMILES string of the molecule is Cc1cc(C)cc(-n2nccc2N)c1. The fourth-order valence-electron chi connectivity index (χ4n) is 1.60. The molecule has 3 heteroatoms. The Morgan fingerprint density at radius 3 is 2.29 bits per heavy atom. The van der Waals surface area contributed by atoms with Crippen LogP contribution in [-0.4, -0.2) is 9.78 Å². The number of aryl methyl sites for hydroxylation is 2. The van der Waals surface area contributed by atoms with Crippen LogP contribution < -0.4 is 5.73 Å². The van der Waals surface area contributed by atoms with E-state index >= 15 is 0 Å². The molecule has 0 aliphatic rings. The van der Waals surface area contributed by atoms with E-state index in [0.29, 0.717) is 5.82 Å². The van der Waals surface area contributed by atoms with Crippen molar-refractivity contribution in [3.05, 3.63) is 41.6 Å². The third kappa shape index (κ3) is 1.48. The van der Waals surface area contributed by atoms with Gasteiger partial charge in [0.15, 0.2) is 0 Å². The molecule has 0 fully saturated rings. The van der Waals surface area contributed by atoms with Gasteiger partial charge in [-0.1, -0.05) is 6.07 Å². The maximum absolute atomic E-state index is 5.77. The molecule has 3 nitrogen and oxygen atoms in total. The zero-order valence-corrected chi connectivity index (χ0v) is 8.36. The first-order valence-corrected chi connectivity index (χ1v) is 4.55. The molecule has 2 rings (SSSR count). The van der Waals surface area contributed by atoms with Crippen LogP contribution in [0.3, 0.4) is 0 Å². The molecule has 0 saturated carbocycles. The molecule has 1 aromatic carbocycles. The fourth-order valence-corrected chi connectivity index (χ4v) is 1.60. The molecule has 0 saturated heterocycles. The second-order valence-electron chi connectivity index (χ2n) is 3.51. The van der Waals surface area contributed by atoms with E-state index in [2.05, 4.69) is 37.1 Å². The molecule has 2 aromatic rings. The summed E-state index contributed by atoms with van der Waals surface area (Å²) in [5, 5.41) is 4.16. The first-order chi connectivity index (χ1) is 6.66. The van der Waals surface area contributed by atoms with Crippen LogP contribution in [0.2, 0.25) is 0 Å². The van der Waals surface area contributed by atoms with Crippen LogP contribution >= 0.6 is 0 Å². The van der Waals surface area contributed by atoms with E-state index in [1.807, 2.05) is 0 Å². The molecule has 0 aliphatic heterocycles. The summed E-state index contributed by atoms with van der Waals surface area (Å²) in [5.74, 6) is 0.662. The smallest absolute Gasteiger partial charge is 0.127 e. The Labute approximate surface area is 83.2 Å². The molecular formula is C11H13N3. The highest BCUT2D eigenvalue weighted by Gasteiger charge is 2.01. The highest BCUT2D eigenvalue weighted by molar-refractivity contribution is 5.44. The molecule has 2 N–H and O–H groups in total. The van der Waals surface area contributed by atoms with Crippen molar-refractivity contribution < 1.29 is 0 Å². The van der Waals surface area contributed by atoms with Crippen LogP contribution in [-0.2, 0) is 0 Å². The lowest BCUT2D eigenvalue weighted by Crippen LogP contribution is -2.01. The van der Waals surface area contributed by atoms with Crippen molar-refractivity contribution in [2.24, 2.45) is 0 Å². The summed E-state index contributed by atoms with van der Waals surface area (Å²) in [6.07, 6.45) is 1.70. The van der Waals surface area contributed by atoms with Crippen LogP contribution in [0, 0.1) is 13.8 Å². The highest BCUT2D eigenvalue weighted by atomic mass is 15.3. The van der Waals surface area contributed by atoms with Crippen LogP contribution in [0.5, 0.6) is 0 Å². The van der Waals surface area contributed by atoms with Crippen molar-refractivity contribution in [2.45, 2.75) is 13.8 Å². The number of anilines is 1. The third-order valence-corrected chi connectivity index (χ3v) is 2.12. The summed E-state index contributed by atoms with van der Waals surface area (Å²) in [4.78, 5) is 0. The molecule has 0 atom stereocenters. The molecular weight excluding hydrogens is 174 g/mol. The average Bonchev–Trinajstić information content (AvgIpc) is 2.49. The van der Waals surface area contributed by atoms with Gasteiger partial charge in [0, 0.05) is 6.07 Å². The lowest BCUT2D eigenvalue weighted by atomic mass is 10.1. The van der Waals surface area contributed by atoms with Gasteiger partial charge in [0.2, 0.25) is 0 Å². The van der Waals surface area contributed by atoms with Crippen molar-refractivity contribution >= 4 is 5.82 Å². The number of nitrogen functional groups attached to an aromatic ring is 1. The lowest BCUT2D eigenvalue weighted by molar-refractivity contribution is 0.888. The van der Waals surface area contributed by atoms with Gasteiger partial charge in [-0.2, -0.15) is 5.10 Å². The van der Waals surface area contributed by atoms with Crippen molar-refractivity contribution in [3.8, 4) is 5.69 Å². The summed E-state index contributed by atoms with van der Waals surface area (Å²) in [7, 11) is 0. The summed E-state index contributed by atoms with van der Waals surface area (Å²) < 4.78 is 1.74. The van der Waals surface area contributed by atoms with Gasteiger partial charge in [-0.15, -0.1) is 0 Å². The van der Waals surface area contributed by atoms with E-state index in [4.69, 9.17) is 5.73 Å². The lowest BCUT2D eigenvalue weighted by Gasteiger charge is -2.06. The Bertz CT molecular complexity index is 437. The van der Waals surface area contributed by atoms with Crippen molar-refractivity contribution in [3.63, 3.8) is 0 Å². The topological polar surface area (TPSA) is 43.8 Å². The Morgan fingerprint density at radius 1 is 1.14 bits per heavy atom. The monoisotopic (exact) mass is 187 g/mol. The van der Waals surface area contributed by atoms with Gasteiger partial charge in [0.25, 0.3) is 0 Å². The molecule has 0 amide bonds. The Hall–Kier alpha value is -1.77. The first kappa shape index (κ1) is 8.81. The van der Waals surface area contributed by atoms with E-state index < -0.39 is 0 Å². The van der Waals surface area contributed by atoms with E-state index in [9.17, 15) is 0 Å². The number of aromatic nitrogens is 2. The standard InChI is InChI=1S/C11H13N3/c1-8-5-9(2)7-10(6-8)14-11(12)3-4-13-14/h3-7H,12H2,1-2H3. The van der Waals surface area contributed by atoms with E-state index in [0.717, 1.165) is 5.69 Å². The first-order valence-electron chi connectivity index (χ1n) is 4.55. The molecule has 0 unspecified atom stereocenters. The second kappa shape index (κ2) is 3.18. The van der Waals surface area contributed by atoms with Gasteiger partial charge in [0.1, 0.15) is 5.82 Å². The Balaban J connectivity index is 2.57. The normalized spacial score (nSPS) is 10.4. The minimum atomic E-state index is 0.662. The van der Waals surface area contributed by atoms with Gasteiger partial charge < -0.3 is 5.73 Å². The molecule has 1 heterocycles. The summed E-state index contributed by atoms with van der Waals surface area (Å²) in [6, 6.07) is 8.05. The average molecular weight is 187 g/mol. The van der Waals surface area contributed by atoms with Crippen LogP contribution in [0.25, 0.3) is 5.69 Å². The van der Waals surface area contributed by atoms with Gasteiger partial charge in [-0.05, 0) is 37.1 Å².